The number of nitriles is 1. The first-order valence-electron chi connectivity index (χ1n) is 6.08. The summed E-state index contributed by atoms with van der Waals surface area (Å²) in [5.41, 5.74) is 1.70. The minimum atomic E-state index is 0.538. The van der Waals surface area contributed by atoms with Gasteiger partial charge in [0.15, 0.2) is 4.64 Å². The maximum atomic E-state index is 8.44. The van der Waals surface area contributed by atoms with Gasteiger partial charge in [-0.15, -0.1) is 0 Å². The number of unbranched alkanes of at least 4 members (excludes halogenated alkanes) is 4. The number of fused-ring (bicyclic) bond motifs is 1. The van der Waals surface area contributed by atoms with Crippen molar-refractivity contribution >= 4 is 23.4 Å². The predicted octanol–water partition coefficient (Wildman–Crippen LogP) is 2.96. The second-order valence-corrected chi connectivity index (χ2v) is 4.55. The first-order chi connectivity index (χ1) is 8.83. The van der Waals surface area contributed by atoms with Crippen LogP contribution in [0, 0.1) is 16.0 Å². The van der Waals surface area contributed by atoms with E-state index in [4.69, 9.17) is 17.5 Å². The lowest BCUT2D eigenvalue weighted by molar-refractivity contribution is 0.581. The monoisotopic (exact) mass is 261 g/mol. The molecule has 0 saturated carbocycles. The molecule has 0 amide bonds. The van der Waals surface area contributed by atoms with E-state index in [1.54, 1.807) is 12.7 Å². The Morgan fingerprint density at radius 1 is 1.28 bits per heavy atom. The SMILES string of the molecule is N#CCCCCCCn1cnc2c(=S)nc[nH]c21. The first-order valence-corrected chi connectivity index (χ1v) is 6.49. The van der Waals surface area contributed by atoms with Gasteiger partial charge in [-0.05, 0) is 12.8 Å². The molecule has 2 heterocycles. The molecule has 0 aliphatic rings. The van der Waals surface area contributed by atoms with Crippen molar-refractivity contribution in [3.8, 4) is 6.07 Å². The molecule has 0 bridgehead atoms. The van der Waals surface area contributed by atoms with Crippen molar-refractivity contribution in [1.29, 1.82) is 5.26 Å². The third kappa shape index (κ3) is 2.93. The molecule has 18 heavy (non-hydrogen) atoms. The van der Waals surface area contributed by atoms with E-state index in [1.165, 1.54) is 0 Å². The molecule has 0 spiro atoms. The van der Waals surface area contributed by atoms with Gasteiger partial charge in [0.25, 0.3) is 0 Å². The van der Waals surface area contributed by atoms with Gasteiger partial charge in [-0.3, -0.25) is 0 Å². The van der Waals surface area contributed by atoms with Gasteiger partial charge in [-0.1, -0.05) is 25.1 Å². The minimum Gasteiger partial charge on any atom is -0.331 e. The fraction of sp³-hybridized carbons (Fsp3) is 0.500. The molecule has 1 N–H and O–H groups in total. The number of hydrogen-bond donors (Lipinski definition) is 1. The minimum absolute atomic E-state index is 0.538. The number of H-pyrrole nitrogens is 1. The van der Waals surface area contributed by atoms with Crippen LogP contribution in [0.2, 0.25) is 0 Å². The average molecular weight is 261 g/mol. The maximum Gasteiger partial charge on any atom is 0.157 e. The number of aromatic amines is 1. The largest absolute Gasteiger partial charge is 0.331 e. The third-order valence-electron chi connectivity index (χ3n) is 2.86. The summed E-state index contributed by atoms with van der Waals surface area (Å²) in [5.74, 6) is 0. The predicted molar refractivity (Wildman–Crippen MR) is 71.4 cm³/mol. The van der Waals surface area contributed by atoms with E-state index in [-0.39, 0.29) is 0 Å². The molecule has 2 aromatic rings. The molecule has 0 aliphatic carbocycles. The van der Waals surface area contributed by atoms with E-state index in [0.29, 0.717) is 11.1 Å². The van der Waals surface area contributed by atoms with Crippen LogP contribution >= 0.6 is 12.2 Å². The molecule has 0 radical (unpaired) electrons. The van der Waals surface area contributed by atoms with Gasteiger partial charge in [0.2, 0.25) is 0 Å². The molecule has 0 saturated heterocycles. The van der Waals surface area contributed by atoms with Gasteiger partial charge < -0.3 is 9.55 Å². The highest BCUT2D eigenvalue weighted by Crippen LogP contribution is 2.11. The Hall–Kier alpha value is -1.74. The van der Waals surface area contributed by atoms with E-state index in [1.807, 2.05) is 0 Å². The number of aromatic nitrogens is 4. The molecular weight excluding hydrogens is 246 g/mol. The number of nitrogens with zero attached hydrogens (tertiary/aromatic N) is 4. The second-order valence-electron chi connectivity index (χ2n) is 4.17. The van der Waals surface area contributed by atoms with E-state index in [9.17, 15) is 0 Å². The van der Waals surface area contributed by atoms with Crippen molar-refractivity contribution in [2.75, 3.05) is 0 Å². The van der Waals surface area contributed by atoms with E-state index in [2.05, 4.69) is 25.6 Å². The summed E-state index contributed by atoms with van der Waals surface area (Å²) < 4.78 is 2.61. The highest BCUT2D eigenvalue weighted by Gasteiger charge is 2.03. The second kappa shape index (κ2) is 6.26. The van der Waals surface area contributed by atoms with Crippen molar-refractivity contribution in [3.05, 3.63) is 17.3 Å². The average Bonchev–Trinajstić information content (AvgIpc) is 2.79. The van der Waals surface area contributed by atoms with Crippen LogP contribution in [0.15, 0.2) is 12.7 Å². The van der Waals surface area contributed by atoms with Crippen LogP contribution in [0.5, 0.6) is 0 Å². The lowest BCUT2D eigenvalue weighted by Gasteiger charge is -2.03. The summed E-state index contributed by atoms with van der Waals surface area (Å²) in [4.78, 5) is 11.4. The summed E-state index contributed by atoms with van der Waals surface area (Å²) in [6, 6.07) is 2.16. The fourth-order valence-corrected chi connectivity index (χ4v) is 2.11. The van der Waals surface area contributed by atoms with Crippen molar-refractivity contribution in [2.45, 2.75) is 38.6 Å². The van der Waals surface area contributed by atoms with Crippen molar-refractivity contribution < 1.29 is 0 Å². The summed E-state index contributed by atoms with van der Waals surface area (Å²) in [6.07, 6.45) is 8.38. The number of nitrogens with one attached hydrogen (secondary N) is 1. The summed E-state index contributed by atoms with van der Waals surface area (Å²) >= 11 is 5.11. The van der Waals surface area contributed by atoms with E-state index in [0.717, 1.165) is 43.4 Å². The lowest BCUT2D eigenvalue weighted by atomic mass is 10.1. The number of hydrogen-bond acceptors (Lipinski definition) is 4. The van der Waals surface area contributed by atoms with Crippen molar-refractivity contribution in [1.82, 2.24) is 19.5 Å². The molecule has 0 unspecified atom stereocenters. The van der Waals surface area contributed by atoms with E-state index < -0.39 is 0 Å². The van der Waals surface area contributed by atoms with Crippen LogP contribution in [-0.4, -0.2) is 19.5 Å². The molecule has 0 atom stereocenters. The molecule has 6 heteroatoms. The van der Waals surface area contributed by atoms with Crippen molar-refractivity contribution in [2.24, 2.45) is 0 Å². The van der Waals surface area contributed by atoms with Gasteiger partial charge in [-0.25, -0.2) is 9.97 Å². The Labute approximate surface area is 110 Å². The Balaban J connectivity index is 1.91. The van der Waals surface area contributed by atoms with Crippen LogP contribution in [0.4, 0.5) is 0 Å². The fourth-order valence-electron chi connectivity index (χ4n) is 1.91. The molecule has 94 valence electrons. The van der Waals surface area contributed by atoms with Crippen LogP contribution in [0.3, 0.4) is 0 Å². The Morgan fingerprint density at radius 3 is 2.94 bits per heavy atom. The van der Waals surface area contributed by atoms with Gasteiger partial charge in [-0.2, -0.15) is 5.26 Å². The van der Waals surface area contributed by atoms with E-state index >= 15 is 0 Å². The standard InChI is InChI=1S/C12H15N5S/c13-6-4-2-1-3-5-7-17-9-16-10-11(17)14-8-15-12(10)18/h8-9H,1-5,7H2,(H,14,15,18). The maximum absolute atomic E-state index is 8.44. The van der Waals surface area contributed by atoms with Gasteiger partial charge >= 0.3 is 0 Å². The zero-order valence-electron chi connectivity index (χ0n) is 10.1. The number of rotatable bonds is 6. The molecule has 5 nitrogen and oxygen atoms in total. The Morgan fingerprint density at radius 2 is 2.11 bits per heavy atom. The summed E-state index contributed by atoms with van der Waals surface area (Å²) in [6.45, 7) is 0.915. The van der Waals surface area contributed by atoms with Crippen LogP contribution in [0.1, 0.15) is 32.1 Å². The zero-order chi connectivity index (χ0) is 12.8. The highest BCUT2D eigenvalue weighted by molar-refractivity contribution is 7.71. The molecule has 2 rings (SSSR count). The molecule has 2 aromatic heterocycles. The quantitative estimate of drug-likeness (QED) is 0.641. The normalized spacial score (nSPS) is 10.6. The van der Waals surface area contributed by atoms with Crippen LogP contribution in [-0.2, 0) is 6.54 Å². The van der Waals surface area contributed by atoms with Gasteiger partial charge in [0, 0.05) is 13.0 Å². The molecule has 0 aromatic carbocycles. The Kier molecular flexibility index (Phi) is 4.42. The number of aryl methyl sites for hydroxylation is 1. The van der Waals surface area contributed by atoms with Gasteiger partial charge in [0.05, 0.1) is 18.7 Å². The highest BCUT2D eigenvalue weighted by atomic mass is 32.1. The molecule has 0 aliphatic heterocycles. The van der Waals surface area contributed by atoms with Gasteiger partial charge in [0.1, 0.15) is 11.2 Å². The number of imidazole rings is 1. The summed E-state index contributed by atoms with van der Waals surface area (Å²) in [7, 11) is 0. The summed E-state index contributed by atoms with van der Waals surface area (Å²) in [5, 5.41) is 8.44. The smallest absolute Gasteiger partial charge is 0.157 e. The Bertz CT molecular complexity index is 607. The van der Waals surface area contributed by atoms with Crippen LogP contribution in [0.25, 0.3) is 11.2 Å². The molecular formula is C12H15N5S. The zero-order valence-corrected chi connectivity index (χ0v) is 10.9. The lowest BCUT2D eigenvalue weighted by Crippen LogP contribution is -1.98. The third-order valence-corrected chi connectivity index (χ3v) is 3.16. The first kappa shape index (κ1) is 12.7. The van der Waals surface area contributed by atoms with Crippen LogP contribution < -0.4 is 0 Å². The topological polar surface area (TPSA) is 70.3 Å². The van der Waals surface area contributed by atoms with Crippen molar-refractivity contribution in [3.63, 3.8) is 0 Å². The molecule has 0 fully saturated rings.